The number of aromatic nitrogens is 1. The normalized spacial score (nSPS) is 11.4. The highest BCUT2D eigenvalue weighted by atomic mass is 79.9. The third-order valence-electron chi connectivity index (χ3n) is 3.43. The zero-order valence-electron chi connectivity index (χ0n) is 12.7. The van der Waals surface area contributed by atoms with Gasteiger partial charge in [0.2, 0.25) is 0 Å². The van der Waals surface area contributed by atoms with Gasteiger partial charge in [-0.3, -0.25) is 0 Å². The summed E-state index contributed by atoms with van der Waals surface area (Å²) in [5.41, 5.74) is 1.26. The summed E-state index contributed by atoms with van der Waals surface area (Å²) in [6.07, 6.45) is 4.34. The van der Waals surface area contributed by atoms with E-state index in [1.54, 1.807) is 0 Å². The van der Waals surface area contributed by atoms with E-state index in [9.17, 15) is 17.3 Å². The number of rotatable bonds is 1. The molecular formula is C17H11BBrF4NS. The Hall–Kier alpha value is -1.93. The molecule has 0 aliphatic rings. The van der Waals surface area contributed by atoms with Crippen molar-refractivity contribution < 1.29 is 21.7 Å². The summed E-state index contributed by atoms with van der Waals surface area (Å²) in [6.45, 7) is 0. The molecule has 0 atom stereocenters. The quantitative estimate of drug-likeness (QED) is 0.189. The van der Waals surface area contributed by atoms with Crippen LogP contribution in [0.4, 0.5) is 17.3 Å². The van der Waals surface area contributed by atoms with Crippen LogP contribution in [0.2, 0.25) is 0 Å². The first-order chi connectivity index (χ1) is 11.8. The van der Waals surface area contributed by atoms with E-state index in [4.69, 9.17) is 0 Å². The van der Waals surface area contributed by atoms with Gasteiger partial charge in [-0.05, 0) is 29.1 Å². The van der Waals surface area contributed by atoms with Crippen molar-refractivity contribution in [2.75, 3.05) is 0 Å². The van der Waals surface area contributed by atoms with Crippen molar-refractivity contribution in [3.63, 3.8) is 0 Å². The molecule has 4 rings (SSSR count). The lowest BCUT2D eigenvalue weighted by atomic mass is 10.2. The molecule has 0 amide bonds. The number of hydrogen-bond donors (Lipinski definition) is 0. The first kappa shape index (κ1) is 17.9. The minimum atomic E-state index is -6.00. The molecule has 0 aliphatic heterocycles. The van der Waals surface area contributed by atoms with E-state index in [1.807, 2.05) is 11.3 Å². The SMILES string of the molecule is Brc1ccc(-c2c[n+]3ccc4ccccc4c3s2)cc1.F[B-](F)(F)F. The van der Waals surface area contributed by atoms with Crippen LogP contribution in [0, 0.1) is 0 Å². The Bertz CT molecular complexity index is 1010. The van der Waals surface area contributed by atoms with E-state index < -0.39 is 7.25 Å². The van der Waals surface area contributed by atoms with Gasteiger partial charge >= 0.3 is 7.25 Å². The summed E-state index contributed by atoms with van der Waals surface area (Å²) < 4.78 is 42.3. The third-order valence-corrected chi connectivity index (χ3v) is 5.15. The second-order valence-corrected chi connectivity index (χ2v) is 7.16. The zero-order chi connectivity index (χ0) is 18.0. The number of pyridine rings is 1. The lowest BCUT2D eigenvalue weighted by molar-refractivity contribution is -0.505. The van der Waals surface area contributed by atoms with Crippen LogP contribution in [-0.2, 0) is 0 Å². The summed E-state index contributed by atoms with van der Waals surface area (Å²) >= 11 is 5.32. The maximum Gasteiger partial charge on any atom is 0.673 e. The Morgan fingerprint density at radius 1 is 0.880 bits per heavy atom. The molecule has 2 heterocycles. The molecule has 0 N–H and O–H groups in total. The first-order valence-electron chi connectivity index (χ1n) is 7.27. The molecule has 4 aromatic rings. The minimum absolute atomic E-state index is 1.11. The van der Waals surface area contributed by atoms with Crippen LogP contribution in [0.5, 0.6) is 0 Å². The van der Waals surface area contributed by atoms with Crippen molar-refractivity contribution in [1.82, 2.24) is 0 Å². The van der Waals surface area contributed by atoms with Crippen LogP contribution in [0.25, 0.3) is 26.0 Å². The highest BCUT2D eigenvalue weighted by molar-refractivity contribution is 9.10. The van der Waals surface area contributed by atoms with Crippen LogP contribution in [-0.4, -0.2) is 7.25 Å². The molecule has 0 aliphatic carbocycles. The number of thiazole rings is 1. The van der Waals surface area contributed by atoms with Gasteiger partial charge in [-0.25, -0.2) is 0 Å². The van der Waals surface area contributed by atoms with E-state index in [0.717, 1.165) is 4.47 Å². The van der Waals surface area contributed by atoms with Gasteiger partial charge in [-0.1, -0.05) is 57.6 Å². The molecule has 0 spiro atoms. The molecular weight excluding hydrogens is 417 g/mol. The smallest absolute Gasteiger partial charge is 0.418 e. The van der Waals surface area contributed by atoms with Crippen molar-refractivity contribution in [2.45, 2.75) is 0 Å². The maximum absolute atomic E-state index is 9.75. The molecule has 0 fully saturated rings. The number of nitrogens with zero attached hydrogens (tertiary/aromatic N) is 1. The van der Waals surface area contributed by atoms with Crippen molar-refractivity contribution in [3.8, 4) is 10.4 Å². The van der Waals surface area contributed by atoms with Gasteiger partial charge < -0.3 is 17.3 Å². The van der Waals surface area contributed by atoms with Gasteiger partial charge in [0.05, 0.1) is 5.39 Å². The third kappa shape index (κ3) is 4.58. The Labute approximate surface area is 153 Å². The fourth-order valence-corrected chi connectivity index (χ4v) is 3.83. The Morgan fingerprint density at radius 2 is 1.52 bits per heavy atom. The second-order valence-electron chi connectivity index (χ2n) is 5.21. The lowest BCUT2D eigenvalue weighted by Gasteiger charge is -1.94. The van der Waals surface area contributed by atoms with Crippen molar-refractivity contribution in [3.05, 3.63) is 71.5 Å². The predicted octanol–water partition coefficient (Wildman–Crippen LogP) is 6.37. The number of hydrogen-bond acceptors (Lipinski definition) is 1. The molecule has 1 nitrogen and oxygen atoms in total. The average molecular weight is 428 g/mol. The van der Waals surface area contributed by atoms with Crippen molar-refractivity contribution >= 4 is 50.1 Å². The lowest BCUT2D eigenvalue weighted by Crippen LogP contribution is -2.16. The topological polar surface area (TPSA) is 4.10 Å². The summed E-state index contributed by atoms with van der Waals surface area (Å²) in [5.74, 6) is 0. The second kappa shape index (κ2) is 7.13. The Morgan fingerprint density at radius 3 is 2.20 bits per heavy atom. The van der Waals surface area contributed by atoms with E-state index >= 15 is 0 Å². The highest BCUT2D eigenvalue weighted by Gasteiger charge is 2.20. The van der Waals surface area contributed by atoms with E-state index in [0.29, 0.717) is 0 Å². The van der Waals surface area contributed by atoms with Crippen LogP contribution in [0.15, 0.2) is 71.5 Å². The van der Waals surface area contributed by atoms with Crippen LogP contribution in [0.1, 0.15) is 0 Å². The van der Waals surface area contributed by atoms with Crippen LogP contribution >= 0.6 is 27.3 Å². The van der Waals surface area contributed by atoms with Gasteiger partial charge in [-0.2, -0.15) is 4.40 Å². The van der Waals surface area contributed by atoms with E-state index in [1.165, 1.54) is 26.0 Å². The Balaban J connectivity index is 0.000000324. The van der Waals surface area contributed by atoms with Gasteiger partial charge in [0.25, 0.3) is 4.83 Å². The molecule has 128 valence electrons. The molecule has 2 aromatic carbocycles. The minimum Gasteiger partial charge on any atom is -0.418 e. The fourth-order valence-electron chi connectivity index (χ4n) is 2.42. The molecule has 0 unspecified atom stereocenters. The molecule has 2 aromatic heterocycles. The predicted molar refractivity (Wildman–Crippen MR) is 98.3 cm³/mol. The largest absolute Gasteiger partial charge is 0.673 e. The molecule has 8 heteroatoms. The summed E-state index contributed by atoms with van der Waals surface area (Å²) in [6, 6.07) is 19.2. The standard InChI is InChI=1S/C17H11BrNS.BF4/c18-14-7-5-13(6-8-14)16-11-19-10-9-12-3-1-2-4-15(12)17(19)20-16;2-1(3,4)5/h1-11H;/q+1;-1. The number of halogens is 5. The highest BCUT2D eigenvalue weighted by Crippen LogP contribution is 2.30. The summed E-state index contributed by atoms with van der Waals surface area (Å²) in [7, 11) is -6.00. The molecule has 25 heavy (non-hydrogen) atoms. The van der Waals surface area contributed by atoms with Crippen molar-refractivity contribution in [1.29, 1.82) is 0 Å². The van der Waals surface area contributed by atoms with Gasteiger partial charge in [0, 0.05) is 10.5 Å². The molecule has 0 saturated carbocycles. The molecule has 0 saturated heterocycles. The summed E-state index contributed by atoms with van der Waals surface area (Å²) in [5, 5.41) is 2.60. The van der Waals surface area contributed by atoms with E-state index in [2.05, 4.69) is 87.3 Å². The van der Waals surface area contributed by atoms with Crippen LogP contribution in [0.3, 0.4) is 0 Å². The fraction of sp³-hybridized carbons (Fsp3) is 0. The number of benzene rings is 2. The van der Waals surface area contributed by atoms with Gasteiger partial charge in [0.1, 0.15) is 4.88 Å². The van der Waals surface area contributed by atoms with Crippen molar-refractivity contribution in [2.24, 2.45) is 0 Å². The molecule has 0 radical (unpaired) electrons. The van der Waals surface area contributed by atoms with Gasteiger partial charge in [-0.15, -0.1) is 0 Å². The van der Waals surface area contributed by atoms with Crippen LogP contribution < -0.4 is 4.40 Å². The zero-order valence-corrected chi connectivity index (χ0v) is 15.1. The Kier molecular flexibility index (Phi) is 5.10. The number of fused-ring (bicyclic) bond motifs is 3. The van der Waals surface area contributed by atoms with Gasteiger partial charge in [0.15, 0.2) is 12.4 Å². The molecule has 0 bridgehead atoms. The van der Waals surface area contributed by atoms with E-state index in [-0.39, 0.29) is 0 Å². The average Bonchev–Trinajstić information content (AvgIpc) is 2.98. The monoisotopic (exact) mass is 427 g/mol. The maximum atomic E-state index is 9.75. The first-order valence-corrected chi connectivity index (χ1v) is 8.88. The summed E-state index contributed by atoms with van der Waals surface area (Å²) in [4.78, 5) is 2.58.